The standard InChI is InChI=1S/C32H36O6S2/c1-19-14-24(37-22-10-12-40(35,36)13-11-22)15-20(2)32(19)28-5-3-4-27-26(28)8-9-29(27)38-23-6-7-25-21(16-31(33)34)18-39-30(25)17-23/h3-7,14-15,17,21-22,29,35-36H,8-13,16,18H2,1-2H3,(H,33,34)/t21-,29?/m1/s1. The van der Waals surface area contributed by atoms with Crippen molar-refractivity contribution in [1.82, 2.24) is 0 Å². The number of fused-ring (bicyclic) bond motifs is 2. The molecular formula is C32H36O6S2. The third kappa shape index (κ3) is 5.59. The molecule has 3 aliphatic rings. The van der Waals surface area contributed by atoms with E-state index in [1.807, 2.05) is 12.1 Å². The highest BCUT2D eigenvalue weighted by atomic mass is 32.3. The Bertz CT molecular complexity index is 1420. The molecule has 8 heteroatoms. The van der Waals surface area contributed by atoms with Crippen LogP contribution in [0.25, 0.3) is 11.1 Å². The Morgan fingerprint density at radius 1 is 0.950 bits per heavy atom. The van der Waals surface area contributed by atoms with Gasteiger partial charge < -0.3 is 14.6 Å². The van der Waals surface area contributed by atoms with E-state index < -0.39 is 16.6 Å². The van der Waals surface area contributed by atoms with Gasteiger partial charge in [0.15, 0.2) is 0 Å². The van der Waals surface area contributed by atoms with Crippen LogP contribution in [0.3, 0.4) is 0 Å². The van der Waals surface area contributed by atoms with Gasteiger partial charge in [0.2, 0.25) is 0 Å². The summed E-state index contributed by atoms with van der Waals surface area (Å²) in [7, 11) is -2.42. The number of aryl methyl sites for hydroxylation is 2. The Labute approximate surface area is 241 Å². The number of aliphatic carboxylic acids is 1. The fourth-order valence-electron chi connectivity index (χ4n) is 6.46. The van der Waals surface area contributed by atoms with Crippen molar-refractivity contribution in [2.24, 2.45) is 0 Å². The van der Waals surface area contributed by atoms with Gasteiger partial charge in [0.25, 0.3) is 0 Å². The smallest absolute Gasteiger partial charge is 0.303 e. The molecule has 1 aliphatic carbocycles. The summed E-state index contributed by atoms with van der Waals surface area (Å²) in [5, 5.41) is 9.22. The number of ether oxygens (including phenoxy) is 2. The van der Waals surface area contributed by atoms with Crippen LogP contribution < -0.4 is 9.47 Å². The first-order chi connectivity index (χ1) is 19.2. The summed E-state index contributed by atoms with van der Waals surface area (Å²) in [4.78, 5) is 12.3. The quantitative estimate of drug-likeness (QED) is 0.261. The van der Waals surface area contributed by atoms with E-state index >= 15 is 0 Å². The van der Waals surface area contributed by atoms with Crippen molar-refractivity contribution in [1.29, 1.82) is 0 Å². The van der Waals surface area contributed by atoms with Gasteiger partial charge in [0.05, 0.1) is 6.42 Å². The third-order valence-electron chi connectivity index (χ3n) is 8.39. The Morgan fingerprint density at radius 2 is 1.70 bits per heavy atom. The topological polar surface area (TPSA) is 96.2 Å². The molecular weight excluding hydrogens is 544 g/mol. The summed E-state index contributed by atoms with van der Waals surface area (Å²) in [6, 6.07) is 16.8. The maximum absolute atomic E-state index is 11.2. The highest BCUT2D eigenvalue weighted by Gasteiger charge is 2.30. The molecule has 6 nitrogen and oxygen atoms in total. The molecule has 0 saturated carbocycles. The summed E-state index contributed by atoms with van der Waals surface area (Å²) in [5.74, 6) is 2.63. The summed E-state index contributed by atoms with van der Waals surface area (Å²) < 4.78 is 32.6. The fraction of sp³-hybridized carbons (Fsp3) is 0.406. The average Bonchev–Trinajstić information content (AvgIpc) is 3.49. The highest BCUT2D eigenvalue weighted by Crippen LogP contribution is 2.47. The second-order valence-corrected chi connectivity index (χ2v) is 14.8. The molecule has 0 amide bonds. The number of carboxylic acids is 1. The molecule has 6 rings (SSSR count). The first kappa shape index (κ1) is 27.5. The van der Waals surface area contributed by atoms with E-state index in [1.165, 1.54) is 33.4 Å². The molecule has 2 atom stereocenters. The molecule has 3 N–H and O–H groups in total. The predicted octanol–water partition coefficient (Wildman–Crippen LogP) is 7.99. The van der Waals surface area contributed by atoms with Gasteiger partial charge in [-0.25, -0.2) is 0 Å². The lowest BCUT2D eigenvalue weighted by Crippen LogP contribution is -2.28. The van der Waals surface area contributed by atoms with Crippen molar-refractivity contribution < 1.29 is 28.5 Å². The minimum Gasteiger partial charge on any atom is -0.490 e. The van der Waals surface area contributed by atoms with Crippen molar-refractivity contribution in [3.63, 3.8) is 0 Å². The molecule has 3 aromatic carbocycles. The van der Waals surface area contributed by atoms with Crippen LogP contribution in [-0.2, 0) is 11.2 Å². The monoisotopic (exact) mass is 580 g/mol. The molecule has 1 unspecified atom stereocenters. The average molecular weight is 581 g/mol. The van der Waals surface area contributed by atoms with Gasteiger partial charge in [0.1, 0.15) is 23.7 Å². The summed E-state index contributed by atoms with van der Waals surface area (Å²) in [6.07, 6.45) is 3.37. The number of carbonyl (C=O) groups is 1. The van der Waals surface area contributed by atoms with Crippen LogP contribution in [0.5, 0.6) is 11.5 Å². The normalized spacial score (nSPS) is 22.4. The van der Waals surface area contributed by atoms with Crippen molar-refractivity contribution in [2.45, 2.75) is 69.0 Å². The van der Waals surface area contributed by atoms with Crippen LogP contribution in [0.15, 0.2) is 53.4 Å². The van der Waals surface area contributed by atoms with E-state index in [2.05, 4.69) is 50.2 Å². The van der Waals surface area contributed by atoms with Crippen molar-refractivity contribution in [3.8, 4) is 22.6 Å². The Hall–Kier alpha value is -2.65. The third-order valence-corrected chi connectivity index (χ3v) is 11.4. The maximum atomic E-state index is 11.2. The molecule has 0 aromatic heterocycles. The lowest BCUT2D eigenvalue weighted by molar-refractivity contribution is -0.137. The zero-order chi connectivity index (χ0) is 28.0. The minimum absolute atomic E-state index is 0.0176. The van der Waals surface area contributed by atoms with Gasteiger partial charge in [-0.3, -0.25) is 13.9 Å². The molecule has 212 valence electrons. The van der Waals surface area contributed by atoms with Gasteiger partial charge >= 0.3 is 5.97 Å². The summed E-state index contributed by atoms with van der Waals surface area (Å²) >= 11 is 1.72. The zero-order valence-corrected chi connectivity index (χ0v) is 24.5. The summed E-state index contributed by atoms with van der Waals surface area (Å²) in [5.41, 5.74) is 8.50. The van der Waals surface area contributed by atoms with Gasteiger partial charge in [-0.2, -0.15) is 10.6 Å². The molecule has 1 fully saturated rings. The Morgan fingerprint density at radius 3 is 2.42 bits per heavy atom. The van der Waals surface area contributed by atoms with Crippen LogP contribution in [-0.4, -0.2) is 43.5 Å². The highest BCUT2D eigenvalue weighted by molar-refractivity contribution is 8.24. The van der Waals surface area contributed by atoms with Crippen LogP contribution in [0.4, 0.5) is 0 Å². The van der Waals surface area contributed by atoms with Crippen LogP contribution in [0, 0.1) is 13.8 Å². The molecule has 40 heavy (non-hydrogen) atoms. The van der Waals surface area contributed by atoms with Crippen LogP contribution in [0.2, 0.25) is 0 Å². The van der Waals surface area contributed by atoms with Crippen molar-refractivity contribution in [3.05, 3.63) is 76.3 Å². The minimum atomic E-state index is -2.42. The number of hydrogen-bond donors (Lipinski definition) is 3. The molecule has 0 bridgehead atoms. The van der Waals surface area contributed by atoms with E-state index in [4.69, 9.17) is 9.47 Å². The molecule has 3 aromatic rings. The largest absolute Gasteiger partial charge is 0.490 e. The Kier molecular flexibility index (Phi) is 7.55. The van der Waals surface area contributed by atoms with E-state index in [0.717, 1.165) is 40.6 Å². The Balaban J connectivity index is 1.20. The second-order valence-electron chi connectivity index (χ2n) is 11.3. The fourth-order valence-corrected chi connectivity index (χ4v) is 9.22. The van der Waals surface area contributed by atoms with Crippen molar-refractivity contribution in [2.75, 3.05) is 17.3 Å². The number of benzene rings is 3. The number of hydrogen-bond acceptors (Lipinski definition) is 6. The number of thioether (sulfide) groups is 1. The lowest BCUT2D eigenvalue weighted by Gasteiger charge is -2.39. The summed E-state index contributed by atoms with van der Waals surface area (Å²) in [6.45, 7) is 4.27. The number of carboxylic acid groups (broad SMARTS) is 1. The molecule has 0 radical (unpaired) electrons. The molecule has 2 aliphatic heterocycles. The zero-order valence-electron chi connectivity index (χ0n) is 22.9. The maximum Gasteiger partial charge on any atom is 0.303 e. The second kappa shape index (κ2) is 11.0. The van der Waals surface area contributed by atoms with Gasteiger partial charge in [-0.15, -0.1) is 11.8 Å². The first-order valence-corrected chi connectivity index (χ1v) is 16.8. The van der Waals surface area contributed by atoms with E-state index in [9.17, 15) is 19.0 Å². The van der Waals surface area contributed by atoms with Gasteiger partial charge in [-0.05, 0) is 89.9 Å². The van der Waals surface area contributed by atoms with E-state index in [0.29, 0.717) is 24.3 Å². The van der Waals surface area contributed by atoms with E-state index in [-0.39, 0.29) is 24.5 Å². The lowest BCUT2D eigenvalue weighted by atomic mass is 9.90. The van der Waals surface area contributed by atoms with Gasteiger partial charge in [-0.1, -0.05) is 24.3 Å². The van der Waals surface area contributed by atoms with E-state index in [1.54, 1.807) is 11.8 Å². The van der Waals surface area contributed by atoms with Crippen LogP contribution in [0.1, 0.15) is 65.5 Å². The SMILES string of the molecule is Cc1cc(OC2CCS(O)(O)CC2)cc(C)c1-c1cccc2c1CCC2Oc1ccc2c(c1)SC[C@H]2CC(=O)O. The molecule has 2 heterocycles. The number of rotatable bonds is 7. The molecule has 0 spiro atoms. The van der Waals surface area contributed by atoms with Crippen molar-refractivity contribution >= 4 is 28.3 Å². The molecule has 1 saturated heterocycles. The van der Waals surface area contributed by atoms with Gasteiger partial charge in [0, 0.05) is 40.9 Å². The first-order valence-electron chi connectivity index (χ1n) is 14.0. The predicted molar refractivity (Wildman–Crippen MR) is 161 cm³/mol. The van der Waals surface area contributed by atoms with Crippen LogP contribution >= 0.6 is 22.4 Å².